The van der Waals surface area contributed by atoms with Crippen molar-refractivity contribution >= 4 is 33.2 Å². The highest BCUT2D eigenvalue weighted by Gasteiger charge is 2.13. The fourth-order valence-electron chi connectivity index (χ4n) is 3.06. The maximum absolute atomic E-state index is 11.4. The van der Waals surface area contributed by atoms with Gasteiger partial charge in [-0.15, -0.1) is 0 Å². The highest BCUT2D eigenvalue weighted by Crippen LogP contribution is 2.29. The number of allylic oxidation sites excluding steroid dienone is 1. The lowest BCUT2D eigenvalue weighted by molar-refractivity contribution is -0.132. The second-order valence-corrected chi connectivity index (χ2v) is 5.83. The molecule has 0 saturated heterocycles. The van der Waals surface area contributed by atoms with E-state index in [1.807, 2.05) is 55.5 Å². The molecule has 3 aromatic rings. The monoisotopic (exact) mass is 317 g/mol. The summed E-state index contributed by atoms with van der Waals surface area (Å²) in [6, 6.07) is 18.0. The molecular weight excluding hydrogens is 298 g/mol. The van der Waals surface area contributed by atoms with Crippen molar-refractivity contribution in [3.8, 4) is 0 Å². The van der Waals surface area contributed by atoms with Gasteiger partial charge < -0.3 is 10.5 Å². The molecule has 0 heterocycles. The van der Waals surface area contributed by atoms with E-state index in [2.05, 4.69) is 6.07 Å². The number of aliphatic carboxylic acids is 1. The predicted molar refractivity (Wildman–Crippen MR) is 98.9 cm³/mol. The number of hydrogen-bond donors (Lipinski definition) is 2. The van der Waals surface area contributed by atoms with Gasteiger partial charge in [0.1, 0.15) is 0 Å². The molecule has 0 aromatic heterocycles. The van der Waals surface area contributed by atoms with Gasteiger partial charge >= 0.3 is 5.97 Å². The highest BCUT2D eigenvalue weighted by molar-refractivity contribution is 6.24. The van der Waals surface area contributed by atoms with Crippen molar-refractivity contribution in [2.45, 2.75) is 19.8 Å². The van der Waals surface area contributed by atoms with Crippen LogP contribution >= 0.6 is 0 Å². The molecule has 0 radical (unpaired) electrons. The number of hydrogen-bond acceptors (Lipinski definition) is 2. The van der Waals surface area contributed by atoms with Crippen LogP contribution in [0.15, 0.2) is 66.2 Å². The number of carbonyl (C=O) groups is 1. The van der Waals surface area contributed by atoms with E-state index in [4.69, 9.17) is 5.41 Å². The summed E-state index contributed by atoms with van der Waals surface area (Å²) in [5.41, 5.74) is 1.31. The third-order valence-corrected chi connectivity index (χ3v) is 4.15. The van der Waals surface area contributed by atoms with Crippen molar-refractivity contribution in [2.24, 2.45) is 0 Å². The molecule has 0 bridgehead atoms. The molecule has 0 unspecified atom stereocenters. The third-order valence-electron chi connectivity index (χ3n) is 4.15. The highest BCUT2D eigenvalue weighted by atomic mass is 16.4. The average Bonchev–Trinajstić information content (AvgIpc) is 2.58. The zero-order chi connectivity index (χ0) is 17.1. The Morgan fingerprint density at radius 2 is 1.58 bits per heavy atom. The van der Waals surface area contributed by atoms with Crippen molar-refractivity contribution in [1.82, 2.24) is 0 Å². The number of benzene rings is 3. The third kappa shape index (κ3) is 2.93. The Kier molecular flexibility index (Phi) is 4.43. The quantitative estimate of drug-likeness (QED) is 0.387. The van der Waals surface area contributed by atoms with Crippen molar-refractivity contribution < 1.29 is 9.90 Å². The Hall–Kier alpha value is -2.94. The molecule has 3 heteroatoms. The second-order valence-electron chi connectivity index (χ2n) is 5.83. The van der Waals surface area contributed by atoms with Gasteiger partial charge in [-0.2, -0.15) is 0 Å². The first kappa shape index (κ1) is 15.9. The first-order chi connectivity index (χ1) is 11.6. The summed E-state index contributed by atoms with van der Waals surface area (Å²) < 4.78 is 0. The number of carboxylic acid groups (broad SMARTS) is 1. The van der Waals surface area contributed by atoms with Crippen LogP contribution in [0.4, 0.5) is 0 Å². The molecule has 0 saturated carbocycles. The van der Waals surface area contributed by atoms with Crippen LogP contribution in [0.1, 0.15) is 25.3 Å². The molecule has 0 spiro atoms. The van der Waals surface area contributed by atoms with Gasteiger partial charge in [0.15, 0.2) is 0 Å². The minimum Gasteiger partial charge on any atom is -0.478 e. The molecule has 3 aromatic carbocycles. The molecule has 2 N–H and O–H groups in total. The Morgan fingerprint density at radius 3 is 2.08 bits per heavy atom. The van der Waals surface area contributed by atoms with Crippen molar-refractivity contribution in [1.29, 1.82) is 5.41 Å². The van der Waals surface area contributed by atoms with E-state index in [1.165, 1.54) is 6.08 Å². The van der Waals surface area contributed by atoms with Crippen LogP contribution < -0.4 is 0 Å². The number of rotatable bonds is 5. The lowest BCUT2D eigenvalue weighted by Gasteiger charge is -2.11. The molecule has 0 fully saturated rings. The second kappa shape index (κ2) is 6.67. The molecule has 24 heavy (non-hydrogen) atoms. The van der Waals surface area contributed by atoms with Gasteiger partial charge in [0, 0.05) is 11.1 Å². The lowest BCUT2D eigenvalue weighted by atomic mass is 9.92. The summed E-state index contributed by atoms with van der Waals surface area (Å²) in [6.45, 7) is 1.94. The minimum atomic E-state index is -0.953. The smallest absolute Gasteiger partial charge is 0.331 e. The van der Waals surface area contributed by atoms with E-state index in [-0.39, 0.29) is 11.3 Å². The number of nitrogens with one attached hydrogen (secondary N) is 1. The molecule has 3 nitrogen and oxygen atoms in total. The predicted octanol–water partition coefficient (Wildman–Crippen LogP) is 5.17. The van der Waals surface area contributed by atoms with E-state index >= 15 is 0 Å². The van der Waals surface area contributed by atoms with Crippen LogP contribution in [0.2, 0.25) is 0 Å². The summed E-state index contributed by atoms with van der Waals surface area (Å²) >= 11 is 0. The Bertz CT molecular complexity index is 916. The fourth-order valence-corrected chi connectivity index (χ4v) is 3.06. The summed E-state index contributed by atoms with van der Waals surface area (Å²) in [7, 11) is 0. The first-order valence-corrected chi connectivity index (χ1v) is 8.05. The SMILES string of the molecule is CCCC(=CC(=N)c1c2ccccc2cc2ccccc12)C(=O)O. The summed E-state index contributed by atoms with van der Waals surface area (Å²) in [4.78, 5) is 11.4. The van der Waals surface area contributed by atoms with Crippen molar-refractivity contribution in [2.75, 3.05) is 0 Å². The molecule has 120 valence electrons. The summed E-state index contributed by atoms with van der Waals surface area (Å²) in [5.74, 6) is -0.953. The van der Waals surface area contributed by atoms with Crippen LogP contribution in [-0.4, -0.2) is 16.8 Å². The maximum Gasteiger partial charge on any atom is 0.331 e. The van der Waals surface area contributed by atoms with Gasteiger partial charge in [0.25, 0.3) is 0 Å². The van der Waals surface area contributed by atoms with Crippen LogP contribution in [0.25, 0.3) is 21.5 Å². The van der Waals surface area contributed by atoms with E-state index in [1.54, 1.807) is 0 Å². The van der Waals surface area contributed by atoms with Crippen LogP contribution in [0.3, 0.4) is 0 Å². The molecule has 0 amide bonds. The molecule has 0 aliphatic heterocycles. The zero-order valence-electron chi connectivity index (χ0n) is 13.5. The van der Waals surface area contributed by atoms with Gasteiger partial charge in [-0.3, -0.25) is 0 Å². The Balaban J connectivity index is 2.28. The number of fused-ring (bicyclic) bond motifs is 2. The summed E-state index contributed by atoms with van der Waals surface area (Å²) in [5, 5.41) is 22.0. The van der Waals surface area contributed by atoms with Crippen LogP contribution in [-0.2, 0) is 4.79 Å². The minimum absolute atomic E-state index is 0.244. The largest absolute Gasteiger partial charge is 0.478 e. The Morgan fingerprint density at radius 1 is 1.04 bits per heavy atom. The van der Waals surface area contributed by atoms with Gasteiger partial charge in [0.2, 0.25) is 0 Å². The van der Waals surface area contributed by atoms with Gasteiger partial charge in [-0.25, -0.2) is 4.79 Å². The topological polar surface area (TPSA) is 61.2 Å². The van der Waals surface area contributed by atoms with Gasteiger partial charge in [0.05, 0.1) is 5.71 Å². The van der Waals surface area contributed by atoms with E-state index in [9.17, 15) is 9.90 Å². The normalized spacial score (nSPS) is 11.8. The first-order valence-electron chi connectivity index (χ1n) is 8.05. The van der Waals surface area contributed by atoms with Gasteiger partial charge in [-0.1, -0.05) is 61.9 Å². The zero-order valence-corrected chi connectivity index (χ0v) is 13.5. The van der Waals surface area contributed by atoms with Crippen molar-refractivity contribution in [3.63, 3.8) is 0 Å². The maximum atomic E-state index is 11.4. The molecule has 3 rings (SSSR count). The van der Waals surface area contributed by atoms with E-state index in [0.29, 0.717) is 6.42 Å². The standard InChI is InChI=1S/C21H19NO2/c1-2-7-16(21(23)24)13-19(22)20-17-10-5-3-8-14(17)12-15-9-4-6-11-18(15)20/h3-6,8-13,22H,2,7H2,1H3,(H,23,24). The van der Waals surface area contributed by atoms with Crippen molar-refractivity contribution in [3.05, 3.63) is 71.8 Å². The average molecular weight is 317 g/mol. The molecular formula is C21H19NO2. The van der Waals surface area contributed by atoms with Crippen LogP contribution in [0, 0.1) is 5.41 Å². The molecule has 0 aliphatic rings. The van der Waals surface area contributed by atoms with E-state index < -0.39 is 5.97 Å². The van der Waals surface area contributed by atoms with E-state index in [0.717, 1.165) is 33.5 Å². The van der Waals surface area contributed by atoms with Crippen LogP contribution in [0.5, 0.6) is 0 Å². The molecule has 0 aliphatic carbocycles. The number of carboxylic acids is 1. The molecule has 0 atom stereocenters. The Labute approximate surface area is 140 Å². The summed E-state index contributed by atoms with van der Waals surface area (Å²) in [6.07, 6.45) is 2.70. The lowest BCUT2D eigenvalue weighted by Crippen LogP contribution is -2.06. The fraction of sp³-hybridized carbons (Fsp3) is 0.143. The van der Waals surface area contributed by atoms with Gasteiger partial charge in [-0.05, 0) is 40.1 Å².